The van der Waals surface area contributed by atoms with Gasteiger partial charge in [-0.1, -0.05) is 30.0 Å². The smallest absolute Gasteiger partial charge is 0.319 e. The molecular weight excluding hydrogens is 379 g/mol. The monoisotopic (exact) mass is 389 g/mol. The number of carbonyl (C=O) groups is 1. The third kappa shape index (κ3) is 4.13. The van der Waals surface area contributed by atoms with E-state index in [4.69, 9.17) is 11.6 Å². The van der Waals surface area contributed by atoms with E-state index < -0.39 is 18.3 Å². The predicted octanol–water partition coefficient (Wildman–Crippen LogP) is 4.91. The number of rotatable bonds is 3. The van der Waals surface area contributed by atoms with Crippen molar-refractivity contribution in [3.63, 3.8) is 0 Å². The van der Waals surface area contributed by atoms with Crippen LogP contribution in [0.25, 0.3) is 11.0 Å². The zero-order valence-electron chi connectivity index (χ0n) is 13.6. The first-order chi connectivity index (χ1) is 12.8. The highest BCUT2D eigenvalue weighted by Crippen LogP contribution is 2.26. The van der Waals surface area contributed by atoms with Crippen molar-refractivity contribution < 1.29 is 18.0 Å². The molecule has 0 saturated carbocycles. The van der Waals surface area contributed by atoms with Gasteiger partial charge in [0.2, 0.25) is 0 Å². The third-order valence-electron chi connectivity index (χ3n) is 3.57. The maximum absolute atomic E-state index is 13.3. The summed E-state index contributed by atoms with van der Waals surface area (Å²) >= 11 is 5.82. The van der Waals surface area contributed by atoms with E-state index in [9.17, 15) is 18.0 Å². The van der Waals surface area contributed by atoms with Crippen LogP contribution in [0.4, 0.5) is 18.9 Å². The van der Waals surface area contributed by atoms with Gasteiger partial charge in [0.1, 0.15) is 5.65 Å². The molecule has 1 amide bonds. The van der Waals surface area contributed by atoms with Gasteiger partial charge in [-0.3, -0.25) is 9.36 Å². The Kier molecular flexibility index (Phi) is 5.19. The van der Waals surface area contributed by atoms with Gasteiger partial charge in [-0.05, 0) is 30.3 Å². The van der Waals surface area contributed by atoms with E-state index in [0.29, 0.717) is 20.5 Å². The number of fused-ring (bicyclic) bond motifs is 1. The largest absolute Gasteiger partial charge is 0.320 e. The molecule has 0 spiro atoms. The number of hydrogen-bond donors (Lipinski definition) is 1. The summed E-state index contributed by atoms with van der Waals surface area (Å²) in [5.74, 6) is 3.44. The molecule has 2 aromatic heterocycles. The van der Waals surface area contributed by atoms with Crippen LogP contribution >= 0.6 is 11.6 Å². The molecule has 1 aromatic carbocycles. The van der Waals surface area contributed by atoms with E-state index in [1.54, 1.807) is 24.3 Å². The molecule has 0 unspecified atom stereocenters. The SMILES string of the molecule is C=C(F)C(=O)Nc1cnc2c(c1)c(C#Cc1ccc(Cl)cc1)cn2C(F)F. The molecule has 4 nitrogen and oxygen atoms in total. The Balaban J connectivity index is 2.06. The molecule has 1 N–H and O–H groups in total. The molecule has 3 aromatic rings. The van der Waals surface area contributed by atoms with Gasteiger partial charge in [0.15, 0.2) is 5.83 Å². The summed E-state index contributed by atoms with van der Waals surface area (Å²) in [7, 11) is 0. The number of alkyl halides is 2. The van der Waals surface area contributed by atoms with Crippen LogP contribution in [0.1, 0.15) is 17.7 Å². The summed E-state index contributed by atoms with van der Waals surface area (Å²) in [4.78, 5) is 15.3. The maximum Gasteiger partial charge on any atom is 0.320 e. The maximum atomic E-state index is 13.3. The molecule has 0 bridgehead atoms. The van der Waals surface area contributed by atoms with Crippen LogP contribution in [0.15, 0.2) is 55.1 Å². The molecule has 0 saturated heterocycles. The molecule has 3 rings (SSSR count). The fourth-order valence-electron chi connectivity index (χ4n) is 2.32. The van der Waals surface area contributed by atoms with Gasteiger partial charge in [-0.2, -0.15) is 8.78 Å². The Morgan fingerprint density at radius 2 is 1.96 bits per heavy atom. The summed E-state index contributed by atoms with van der Waals surface area (Å²) in [6.45, 7) is 0.0713. The molecule has 0 atom stereocenters. The topological polar surface area (TPSA) is 46.9 Å². The normalized spacial score (nSPS) is 10.6. The second kappa shape index (κ2) is 7.56. The van der Waals surface area contributed by atoms with Crippen LogP contribution in [-0.2, 0) is 4.79 Å². The molecule has 0 aliphatic carbocycles. The number of nitrogens with one attached hydrogen (secondary N) is 1. The minimum Gasteiger partial charge on any atom is -0.319 e. The zero-order valence-corrected chi connectivity index (χ0v) is 14.4. The average Bonchev–Trinajstić information content (AvgIpc) is 2.99. The Morgan fingerprint density at radius 1 is 1.26 bits per heavy atom. The number of halogens is 4. The van der Waals surface area contributed by atoms with Crippen molar-refractivity contribution in [1.29, 1.82) is 0 Å². The van der Waals surface area contributed by atoms with Crippen LogP contribution in [-0.4, -0.2) is 15.5 Å². The van der Waals surface area contributed by atoms with Gasteiger partial charge in [0.05, 0.1) is 17.4 Å². The Hall–Kier alpha value is -3.24. The number of hydrogen-bond acceptors (Lipinski definition) is 2. The van der Waals surface area contributed by atoms with Crippen molar-refractivity contribution >= 4 is 34.2 Å². The average molecular weight is 390 g/mol. The number of carbonyl (C=O) groups excluding carboxylic acids is 1. The standard InChI is InChI=1S/C19H11ClF3N3O/c1-11(21)18(27)25-15-8-16-13(5-2-12-3-6-14(20)7-4-12)10-26(19(22)23)17(16)24-9-15/h3-4,6-10,19H,1H2,(H,25,27). The first-order valence-corrected chi connectivity index (χ1v) is 7.95. The van der Waals surface area contributed by atoms with Crippen molar-refractivity contribution in [2.24, 2.45) is 0 Å². The molecule has 8 heteroatoms. The Bertz CT molecular complexity index is 1100. The number of benzene rings is 1. The van der Waals surface area contributed by atoms with Gasteiger partial charge >= 0.3 is 6.55 Å². The van der Waals surface area contributed by atoms with Crippen LogP contribution in [0.5, 0.6) is 0 Å². The third-order valence-corrected chi connectivity index (χ3v) is 3.82. The molecule has 27 heavy (non-hydrogen) atoms. The van der Waals surface area contributed by atoms with Crippen molar-refractivity contribution in [3.8, 4) is 11.8 Å². The van der Waals surface area contributed by atoms with E-state index >= 15 is 0 Å². The lowest BCUT2D eigenvalue weighted by atomic mass is 10.2. The summed E-state index contributed by atoms with van der Waals surface area (Å²) in [6, 6.07) is 8.10. The van der Waals surface area contributed by atoms with Gasteiger partial charge in [0, 0.05) is 22.2 Å². The summed E-state index contributed by atoms with van der Waals surface area (Å²) in [5.41, 5.74) is 1.04. The van der Waals surface area contributed by atoms with Gasteiger partial charge in [-0.25, -0.2) is 9.37 Å². The Labute approximate surface area is 157 Å². The first-order valence-electron chi connectivity index (χ1n) is 7.57. The van der Waals surface area contributed by atoms with E-state index in [0.717, 1.165) is 6.20 Å². The van der Waals surface area contributed by atoms with Crippen molar-refractivity contribution in [1.82, 2.24) is 9.55 Å². The van der Waals surface area contributed by atoms with Crippen LogP contribution in [0.2, 0.25) is 5.02 Å². The highest BCUT2D eigenvalue weighted by atomic mass is 35.5. The van der Waals surface area contributed by atoms with E-state index in [2.05, 4.69) is 28.7 Å². The number of amides is 1. The quantitative estimate of drug-likeness (QED) is 0.511. The second-order valence-electron chi connectivity index (χ2n) is 5.44. The van der Waals surface area contributed by atoms with Gasteiger partial charge < -0.3 is 5.32 Å². The molecule has 0 fully saturated rings. The first kappa shape index (κ1) is 18.5. The van der Waals surface area contributed by atoms with E-state index in [1.165, 1.54) is 12.3 Å². The highest BCUT2D eigenvalue weighted by molar-refractivity contribution is 6.30. The number of aromatic nitrogens is 2. The molecular formula is C19H11ClF3N3O. The number of pyridine rings is 1. The molecule has 0 radical (unpaired) electrons. The summed E-state index contributed by atoms with van der Waals surface area (Å²) < 4.78 is 40.1. The van der Waals surface area contributed by atoms with E-state index in [1.807, 2.05) is 0 Å². The van der Waals surface area contributed by atoms with Crippen LogP contribution < -0.4 is 5.32 Å². The van der Waals surface area contributed by atoms with Crippen molar-refractivity contribution in [3.05, 3.63) is 71.3 Å². The molecule has 136 valence electrons. The summed E-state index contributed by atoms with van der Waals surface area (Å²) in [5, 5.41) is 3.08. The van der Waals surface area contributed by atoms with Gasteiger partial charge in [0.25, 0.3) is 5.91 Å². The fourth-order valence-corrected chi connectivity index (χ4v) is 2.45. The Morgan fingerprint density at radius 3 is 2.59 bits per heavy atom. The van der Waals surface area contributed by atoms with Crippen molar-refractivity contribution in [2.45, 2.75) is 6.55 Å². The summed E-state index contributed by atoms with van der Waals surface area (Å²) in [6.07, 6.45) is 2.32. The molecule has 0 aliphatic rings. The van der Waals surface area contributed by atoms with Crippen LogP contribution in [0.3, 0.4) is 0 Å². The zero-order chi connectivity index (χ0) is 19.6. The lowest BCUT2D eigenvalue weighted by Crippen LogP contribution is -2.11. The fraction of sp³-hybridized carbons (Fsp3) is 0.0526. The van der Waals surface area contributed by atoms with E-state index in [-0.39, 0.29) is 16.9 Å². The lowest BCUT2D eigenvalue weighted by molar-refractivity contribution is -0.114. The minimum absolute atomic E-state index is 0.0116. The number of anilines is 1. The molecule has 2 heterocycles. The van der Waals surface area contributed by atoms with Crippen molar-refractivity contribution in [2.75, 3.05) is 5.32 Å². The lowest BCUT2D eigenvalue weighted by Gasteiger charge is -2.04. The van der Waals surface area contributed by atoms with Gasteiger partial charge in [-0.15, -0.1) is 0 Å². The number of nitrogens with zero attached hydrogens (tertiary/aromatic N) is 2. The molecule has 0 aliphatic heterocycles. The highest BCUT2D eigenvalue weighted by Gasteiger charge is 2.16. The predicted molar refractivity (Wildman–Crippen MR) is 97.3 cm³/mol. The van der Waals surface area contributed by atoms with Crippen LogP contribution in [0, 0.1) is 11.8 Å². The second-order valence-corrected chi connectivity index (χ2v) is 5.88. The minimum atomic E-state index is -2.82.